The third-order valence-electron chi connectivity index (χ3n) is 1.58. The van der Waals surface area contributed by atoms with Crippen LogP contribution in [-0.2, 0) is 7.05 Å². The molecular weight excluding hydrogens is 146 g/mol. The highest BCUT2D eigenvalue weighted by molar-refractivity contribution is 5.91. The zero-order valence-corrected chi connectivity index (χ0v) is 6.33. The summed E-state index contributed by atoms with van der Waals surface area (Å²) < 4.78 is 1.44. The number of carbonyl (C=O) groups is 1. The fourth-order valence-electron chi connectivity index (χ4n) is 0.783. The van der Waals surface area contributed by atoms with Crippen LogP contribution in [0.5, 0.6) is 0 Å². The minimum Gasteiger partial charge on any atom is -0.476 e. The molecule has 3 N–H and O–H groups in total. The van der Waals surface area contributed by atoms with Crippen LogP contribution >= 0.6 is 0 Å². The van der Waals surface area contributed by atoms with Gasteiger partial charge in [0.05, 0.1) is 11.4 Å². The molecule has 60 valence electrons. The molecule has 1 rings (SSSR count). The van der Waals surface area contributed by atoms with Gasteiger partial charge in [-0.2, -0.15) is 5.10 Å². The van der Waals surface area contributed by atoms with E-state index in [0.29, 0.717) is 5.69 Å². The van der Waals surface area contributed by atoms with Crippen LogP contribution in [0.25, 0.3) is 0 Å². The standard InChI is InChI=1S/C6H9N3O2/c1-3-4(7)5(6(10)11)8-9(3)2/h7H2,1-2H3,(H,10,11). The zero-order chi connectivity index (χ0) is 8.59. The van der Waals surface area contributed by atoms with Gasteiger partial charge in [-0.25, -0.2) is 4.79 Å². The summed E-state index contributed by atoms with van der Waals surface area (Å²) in [6.07, 6.45) is 0. The van der Waals surface area contributed by atoms with Crippen molar-refractivity contribution in [2.24, 2.45) is 7.05 Å². The Morgan fingerprint density at radius 1 is 1.73 bits per heavy atom. The Morgan fingerprint density at radius 2 is 2.27 bits per heavy atom. The zero-order valence-electron chi connectivity index (χ0n) is 6.33. The molecule has 0 atom stereocenters. The molecule has 0 saturated carbocycles. The van der Waals surface area contributed by atoms with Crippen molar-refractivity contribution >= 4 is 11.7 Å². The maximum absolute atomic E-state index is 10.4. The van der Waals surface area contributed by atoms with Gasteiger partial charge in [-0.05, 0) is 6.92 Å². The van der Waals surface area contributed by atoms with Crippen molar-refractivity contribution in [3.05, 3.63) is 11.4 Å². The second kappa shape index (κ2) is 2.26. The number of anilines is 1. The molecule has 5 nitrogen and oxygen atoms in total. The van der Waals surface area contributed by atoms with Gasteiger partial charge in [0.2, 0.25) is 0 Å². The molecule has 1 heterocycles. The van der Waals surface area contributed by atoms with Crippen LogP contribution in [0.15, 0.2) is 0 Å². The minimum atomic E-state index is -1.09. The van der Waals surface area contributed by atoms with Crippen molar-refractivity contribution in [1.82, 2.24) is 9.78 Å². The maximum Gasteiger partial charge on any atom is 0.358 e. The Hall–Kier alpha value is -1.52. The van der Waals surface area contributed by atoms with Gasteiger partial charge in [-0.1, -0.05) is 0 Å². The molecule has 0 aliphatic carbocycles. The largest absolute Gasteiger partial charge is 0.476 e. The summed E-state index contributed by atoms with van der Waals surface area (Å²) in [6, 6.07) is 0. The van der Waals surface area contributed by atoms with Gasteiger partial charge in [-0.3, -0.25) is 4.68 Å². The molecule has 0 fully saturated rings. The molecule has 1 aromatic heterocycles. The first-order valence-electron chi connectivity index (χ1n) is 3.06. The molecular formula is C6H9N3O2. The lowest BCUT2D eigenvalue weighted by Gasteiger charge is -1.90. The number of aromatic carboxylic acids is 1. The Balaban J connectivity index is 3.29. The van der Waals surface area contributed by atoms with E-state index in [1.165, 1.54) is 4.68 Å². The van der Waals surface area contributed by atoms with Crippen molar-refractivity contribution in [3.8, 4) is 0 Å². The quantitative estimate of drug-likeness (QED) is 0.598. The van der Waals surface area contributed by atoms with E-state index in [1.54, 1.807) is 14.0 Å². The van der Waals surface area contributed by atoms with Crippen molar-refractivity contribution in [1.29, 1.82) is 0 Å². The smallest absolute Gasteiger partial charge is 0.358 e. The molecule has 0 spiro atoms. The van der Waals surface area contributed by atoms with E-state index in [4.69, 9.17) is 10.8 Å². The number of carboxylic acid groups (broad SMARTS) is 1. The highest BCUT2D eigenvalue weighted by Gasteiger charge is 2.15. The lowest BCUT2D eigenvalue weighted by atomic mass is 10.3. The van der Waals surface area contributed by atoms with E-state index in [2.05, 4.69) is 5.10 Å². The third-order valence-corrected chi connectivity index (χ3v) is 1.58. The maximum atomic E-state index is 10.4. The van der Waals surface area contributed by atoms with Gasteiger partial charge in [-0.15, -0.1) is 0 Å². The summed E-state index contributed by atoms with van der Waals surface area (Å²) in [6.45, 7) is 1.72. The van der Waals surface area contributed by atoms with Crippen molar-refractivity contribution in [2.45, 2.75) is 6.92 Å². The molecule has 1 aromatic rings. The molecule has 0 aliphatic heterocycles. The molecule has 5 heteroatoms. The first kappa shape index (κ1) is 7.59. The first-order valence-corrected chi connectivity index (χ1v) is 3.06. The second-order valence-corrected chi connectivity index (χ2v) is 2.28. The highest BCUT2D eigenvalue weighted by atomic mass is 16.4. The molecule has 11 heavy (non-hydrogen) atoms. The Morgan fingerprint density at radius 3 is 2.45 bits per heavy atom. The number of nitrogen functional groups attached to an aromatic ring is 1. The number of rotatable bonds is 1. The average molecular weight is 155 g/mol. The van der Waals surface area contributed by atoms with Crippen LogP contribution in [0.3, 0.4) is 0 Å². The van der Waals surface area contributed by atoms with E-state index in [9.17, 15) is 4.79 Å². The first-order chi connectivity index (χ1) is 5.04. The average Bonchev–Trinajstić information content (AvgIpc) is 2.17. The fraction of sp³-hybridized carbons (Fsp3) is 0.333. The van der Waals surface area contributed by atoms with Gasteiger partial charge >= 0.3 is 5.97 Å². The molecule has 0 bridgehead atoms. The number of nitrogens with two attached hydrogens (primary N) is 1. The predicted octanol–water partition coefficient (Wildman–Crippen LogP) is 0.00892. The predicted molar refractivity (Wildman–Crippen MR) is 39.3 cm³/mol. The van der Waals surface area contributed by atoms with Crippen molar-refractivity contribution < 1.29 is 9.90 Å². The number of aromatic nitrogens is 2. The van der Waals surface area contributed by atoms with Crippen LogP contribution in [0.1, 0.15) is 16.2 Å². The van der Waals surface area contributed by atoms with Crippen LogP contribution in [0, 0.1) is 6.92 Å². The lowest BCUT2D eigenvalue weighted by molar-refractivity contribution is 0.0691. The van der Waals surface area contributed by atoms with E-state index in [-0.39, 0.29) is 11.4 Å². The van der Waals surface area contributed by atoms with E-state index >= 15 is 0 Å². The summed E-state index contributed by atoms with van der Waals surface area (Å²) in [5.41, 5.74) is 6.27. The Kier molecular flexibility index (Phi) is 1.56. The number of hydrogen-bond donors (Lipinski definition) is 2. The highest BCUT2D eigenvalue weighted by Crippen LogP contribution is 2.13. The number of carboxylic acids is 1. The summed E-state index contributed by atoms with van der Waals surface area (Å²) >= 11 is 0. The monoisotopic (exact) mass is 155 g/mol. The molecule has 0 radical (unpaired) electrons. The molecule has 0 aromatic carbocycles. The number of aryl methyl sites for hydroxylation is 1. The Bertz CT molecular complexity index is 303. The topological polar surface area (TPSA) is 81.1 Å². The van der Waals surface area contributed by atoms with E-state index in [1.807, 2.05) is 0 Å². The van der Waals surface area contributed by atoms with Gasteiger partial charge < -0.3 is 10.8 Å². The summed E-state index contributed by atoms with van der Waals surface area (Å²) in [5, 5.41) is 12.2. The van der Waals surface area contributed by atoms with Gasteiger partial charge in [0.15, 0.2) is 5.69 Å². The van der Waals surface area contributed by atoms with E-state index in [0.717, 1.165) is 0 Å². The van der Waals surface area contributed by atoms with Crippen molar-refractivity contribution in [2.75, 3.05) is 5.73 Å². The minimum absolute atomic E-state index is 0.0787. The van der Waals surface area contributed by atoms with Crippen LogP contribution in [-0.4, -0.2) is 20.9 Å². The SMILES string of the molecule is Cc1c(N)c(C(=O)O)nn1C. The summed E-state index contributed by atoms with van der Waals surface area (Å²) in [7, 11) is 1.65. The van der Waals surface area contributed by atoms with Crippen LogP contribution in [0.4, 0.5) is 5.69 Å². The lowest BCUT2D eigenvalue weighted by Crippen LogP contribution is -2.01. The van der Waals surface area contributed by atoms with Crippen LogP contribution < -0.4 is 5.73 Å². The third kappa shape index (κ3) is 1.04. The second-order valence-electron chi connectivity index (χ2n) is 2.28. The molecule has 0 unspecified atom stereocenters. The fourth-order valence-corrected chi connectivity index (χ4v) is 0.783. The Labute approximate surface area is 63.4 Å². The number of nitrogens with zero attached hydrogens (tertiary/aromatic N) is 2. The van der Waals surface area contributed by atoms with Gasteiger partial charge in [0.25, 0.3) is 0 Å². The molecule has 0 amide bonds. The van der Waals surface area contributed by atoms with Gasteiger partial charge in [0.1, 0.15) is 0 Å². The van der Waals surface area contributed by atoms with E-state index < -0.39 is 5.97 Å². The summed E-state index contributed by atoms with van der Waals surface area (Å²) in [4.78, 5) is 10.4. The van der Waals surface area contributed by atoms with Crippen LogP contribution in [0.2, 0.25) is 0 Å². The van der Waals surface area contributed by atoms with Gasteiger partial charge in [0, 0.05) is 7.05 Å². The number of hydrogen-bond acceptors (Lipinski definition) is 3. The molecule has 0 aliphatic rings. The molecule has 0 saturated heterocycles. The summed E-state index contributed by atoms with van der Waals surface area (Å²) in [5.74, 6) is -1.09. The normalized spacial score (nSPS) is 10.0. The van der Waals surface area contributed by atoms with Crippen molar-refractivity contribution in [3.63, 3.8) is 0 Å².